The van der Waals surface area contributed by atoms with Crippen molar-refractivity contribution in [3.05, 3.63) is 26.6 Å². The van der Waals surface area contributed by atoms with E-state index in [1.807, 2.05) is 12.1 Å². The largest absolute Gasteiger partial charge is 0.396 e. The first-order valence-electron chi connectivity index (χ1n) is 4.06. The van der Waals surface area contributed by atoms with Gasteiger partial charge in [-0.25, -0.2) is 4.98 Å². The van der Waals surface area contributed by atoms with Gasteiger partial charge in [-0.15, -0.1) is 11.3 Å². The molecule has 0 atom stereocenters. The van der Waals surface area contributed by atoms with Crippen molar-refractivity contribution >= 4 is 49.1 Å². The minimum Gasteiger partial charge on any atom is -0.396 e. The van der Waals surface area contributed by atoms with Gasteiger partial charge in [0.05, 0.1) is 15.2 Å². The van der Waals surface area contributed by atoms with Gasteiger partial charge in [-0.3, -0.25) is 0 Å². The van der Waals surface area contributed by atoms with Crippen LogP contribution in [0.1, 0.15) is 5.01 Å². The van der Waals surface area contributed by atoms with Gasteiger partial charge in [0.1, 0.15) is 0 Å². The van der Waals surface area contributed by atoms with E-state index in [9.17, 15) is 0 Å². The third kappa shape index (κ3) is 1.93. The molecule has 1 N–H and O–H groups in total. The van der Waals surface area contributed by atoms with E-state index in [1.165, 1.54) is 0 Å². The number of halogens is 2. The Hall–Kier alpha value is -0.160. The molecule has 0 aliphatic carbocycles. The van der Waals surface area contributed by atoms with E-state index in [2.05, 4.69) is 20.9 Å². The molecule has 0 saturated heterocycles. The van der Waals surface area contributed by atoms with Crippen LogP contribution < -0.4 is 0 Å². The molecule has 0 radical (unpaired) electrons. The fourth-order valence-electron chi connectivity index (χ4n) is 1.21. The highest BCUT2D eigenvalue weighted by molar-refractivity contribution is 9.10. The van der Waals surface area contributed by atoms with Gasteiger partial charge < -0.3 is 5.11 Å². The smallest absolute Gasteiger partial charge is 0.0961 e. The van der Waals surface area contributed by atoms with E-state index in [-0.39, 0.29) is 6.61 Å². The summed E-state index contributed by atoms with van der Waals surface area (Å²) in [6.07, 6.45) is 0.601. The molecular formula is C9H7BrClNOS. The van der Waals surface area contributed by atoms with Crippen LogP contribution in [-0.2, 0) is 6.42 Å². The van der Waals surface area contributed by atoms with Crippen molar-refractivity contribution < 1.29 is 5.11 Å². The molecule has 0 aliphatic rings. The Balaban J connectivity index is 2.58. The lowest BCUT2D eigenvalue weighted by molar-refractivity contribution is 0.299. The van der Waals surface area contributed by atoms with Crippen molar-refractivity contribution in [2.75, 3.05) is 6.61 Å². The highest BCUT2D eigenvalue weighted by Crippen LogP contribution is 2.31. The molecule has 0 unspecified atom stereocenters. The quantitative estimate of drug-likeness (QED) is 0.922. The van der Waals surface area contributed by atoms with Crippen molar-refractivity contribution in [3.8, 4) is 0 Å². The van der Waals surface area contributed by atoms with Crippen molar-refractivity contribution in [1.82, 2.24) is 4.98 Å². The number of rotatable bonds is 2. The molecule has 2 rings (SSSR count). The Bertz CT molecular complexity index is 471. The van der Waals surface area contributed by atoms with Gasteiger partial charge in [-0.2, -0.15) is 0 Å². The van der Waals surface area contributed by atoms with Crippen LogP contribution in [0.2, 0.25) is 5.02 Å². The Morgan fingerprint density at radius 3 is 3.00 bits per heavy atom. The number of aliphatic hydroxyl groups is 1. The maximum absolute atomic E-state index is 8.80. The maximum atomic E-state index is 8.80. The Morgan fingerprint density at radius 1 is 1.50 bits per heavy atom. The molecule has 0 spiro atoms. The summed E-state index contributed by atoms with van der Waals surface area (Å²) in [5.41, 5.74) is 0.919. The first-order valence-corrected chi connectivity index (χ1v) is 6.05. The molecule has 2 aromatic rings. The second-order valence-corrected chi connectivity index (χ2v) is 5.22. The summed E-state index contributed by atoms with van der Waals surface area (Å²) in [5, 5.41) is 10.4. The average Bonchev–Trinajstić information content (AvgIpc) is 2.48. The molecule has 14 heavy (non-hydrogen) atoms. The third-order valence-electron chi connectivity index (χ3n) is 1.78. The number of benzene rings is 1. The van der Waals surface area contributed by atoms with Gasteiger partial charge in [-0.1, -0.05) is 11.6 Å². The number of fused-ring (bicyclic) bond motifs is 1. The Labute approximate surface area is 98.7 Å². The summed E-state index contributed by atoms with van der Waals surface area (Å²) < 4.78 is 1.95. The number of aromatic nitrogens is 1. The van der Waals surface area contributed by atoms with Crippen LogP contribution in [0.3, 0.4) is 0 Å². The zero-order chi connectivity index (χ0) is 10.1. The minimum atomic E-state index is 0.130. The van der Waals surface area contributed by atoms with Crippen molar-refractivity contribution in [3.63, 3.8) is 0 Å². The van der Waals surface area contributed by atoms with Gasteiger partial charge in [0, 0.05) is 22.5 Å². The van der Waals surface area contributed by atoms with E-state index in [0.717, 1.165) is 19.7 Å². The first-order chi connectivity index (χ1) is 6.70. The average molecular weight is 293 g/mol. The lowest BCUT2D eigenvalue weighted by atomic mass is 10.3. The molecule has 1 heterocycles. The predicted octanol–water partition coefficient (Wildman–Crippen LogP) is 3.25. The van der Waals surface area contributed by atoms with Crippen LogP contribution in [-0.4, -0.2) is 16.7 Å². The zero-order valence-electron chi connectivity index (χ0n) is 7.13. The summed E-state index contributed by atoms with van der Waals surface area (Å²) >= 11 is 10.9. The van der Waals surface area contributed by atoms with Crippen LogP contribution >= 0.6 is 38.9 Å². The molecule has 1 aromatic heterocycles. The van der Waals surface area contributed by atoms with E-state index >= 15 is 0 Å². The standard InChI is InChI=1S/C9H7BrClNOS/c10-6-3-5(11)4-7-9(6)12-8(14-7)1-2-13/h3-4,13H,1-2H2. The van der Waals surface area contributed by atoms with E-state index in [1.54, 1.807) is 11.3 Å². The number of thiazole rings is 1. The van der Waals surface area contributed by atoms with Crippen LogP contribution in [0.15, 0.2) is 16.6 Å². The third-order valence-corrected chi connectivity index (χ3v) is 3.67. The molecule has 5 heteroatoms. The monoisotopic (exact) mass is 291 g/mol. The fraction of sp³-hybridized carbons (Fsp3) is 0.222. The summed E-state index contributed by atoms with van der Waals surface area (Å²) in [4.78, 5) is 4.40. The molecule has 0 saturated carbocycles. The second-order valence-electron chi connectivity index (χ2n) is 2.82. The van der Waals surface area contributed by atoms with Crippen LogP contribution in [0, 0.1) is 0 Å². The van der Waals surface area contributed by atoms with E-state index in [0.29, 0.717) is 11.4 Å². The van der Waals surface area contributed by atoms with Crippen LogP contribution in [0.25, 0.3) is 10.2 Å². The first kappa shape index (κ1) is 10.4. The van der Waals surface area contributed by atoms with Gasteiger partial charge >= 0.3 is 0 Å². The van der Waals surface area contributed by atoms with Gasteiger partial charge in [0.25, 0.3) is 0 Å². The molecule has 0 amide bonds. The Kier molecular flexibility index (Phi) is 3.07. The molecule has 1 aromatic carbocycles. The van der Waals surface area contributed by atoms with Gasteiger partial charge in [-0.05, 0) is 28.1 Å². The topological polar surface area (TPSA) is 33.1 Å². The molecule has 2 nitrogen and oxygen atoms in total. The fourth-order valence-corrected chi connectivity index (χ4v) is 3.32. The zero-order valence-corrected chi connectivity index (χ0v) is 10.3. The molecule has 0 fully saturated rings. The van der Waals surface area contributed by atoms with Crippen molar-refractivity contribution in [2.24, 2.45) is 0 Å². The van der Waals surface area contributed by atoms with Crippen molar-refractivity contribution in [1.29, 1.82) is 0 Å². The normalized spacial score (nSPS) is 11.1. The molecular weight excluding hydrogens is 286 g/mol. The maximum Gasteiger partial charge on any atom is 0.0961 e. The molecule has 0 bridgehead atoms. The summed E-state index contributed by atoms with van der Waals surface area (Å²) in [7, 11) is 0. The number of hydrogen-bond acceptors (Lipinski definition) is 3. The second kappa shape index (κ2) is 4.14. The number of hydrogen-bond donors (Lipinski definition) is 1. The lowest BCUT2D eigenvalue weighted by Crippen LogP contribution is -1.87. The highest BCUT2D eigenvalue weighted by atomic mass is 79.9. The lowest BCUT2D eigenvalue weighted by Gasteiger charge is -1.92. The predicted molar refractivity (Wildman–Crippen MR) is 63.1 cm³/mol. The molecule has 0 aliphatic heterocycles. The summed E-state index contributed by atoms with van der Waals surface area (Å²) in [6.45, 7) is 0.130. The van der Waals surface area contributed by atoms with E-state index < -0.39 is 0 Å². The number of aliphatic hydroxyl groups excluding tert-OH is 1. The van der Waals surface area contributed by atoms with Crippen LogP contribution in [0.5, 0.6) is 0 Å². The summed E-state index contributed by atoms with van der Waals surface area (Å²) in [6, 6.07) is 3.71. The SMILES string of the molecule is OCCc1nc2c(Br)cc(Cl)cc2s1. The summed E-state index contributed by atoms with van der Waals surface area (Å²) in [5.74, 6) is 0. The van der Waals surface area contributed by atoms with Gasteiger partial charge in [0.2, 0.25) is 0 Å². The minimum absolute atomic E-state index is 0.130. The van der Waals surface area contributed by atoms with Crippen molar-refractivity contribution in [2.45, 2.75) is 6.42 Å². The van der Waals surface area contributed by atoms with E-state index in [4.69, 9.17) is 16.7 Å². The molecule has 74 valence electrons. The number of nitrogens with zero attached hydrogens (tertiary/aromatic N) is 1. The Morgan fingerprint density at radius 2 is 2.29 bits per heavy atom. The van der Waals surface area contributed by atoms with Gasteiger partial charge in [0.15, 0.2) is 0 Å². The highest BCUT2D eigenvalue weighted by Gasteiger charge is 2.07. The van der Waals surface area contributed by atoms with Crippen LogP contribution in [0.4, 0.5) is 0 Å².